The molecule has 0 spiro atoms. The van der Waals surface area contributed by atoms with Crippen molar-refractivity contribution in [2.75, 3.05) is 6.54 Å². The second kappa shape index (κ2) is 4.06. The molecule has 0 aliphatic rings. The topological polar surface area (TPSA) is 82.3 Å². The van der Waals surface area contributed by atoms with Crippen molar-refractivity contribution >= 4 is 23.6 Å². The number of H-pyrrole nitrogens is 1. The Hall–Kier alpha value is -1.30. The van der Waals surface area contributed by atoms with Crippen LogP contribution in [0.2, 0.25) is 0 Å². The van der Waals surface area contributed by atoms with Gasteiger partial charge in [0.25, 0.3) is 0 Å². The Morgan fingerprint density at radius 3 is 2.73 bits per heavy atom. The summed E-state index contributed by atoms with van der Waals surface area (Å²) in [6, 6.07) is 7.65. The van der Waals surface area contributed by atoms with Gasteiger partial charge in [0.1, 0.15) is 0 Å². The van der Waals surface area contributed by atoms with Gasteiger partial charge in [-0.2, -0.15) is 0 Å². The molecular formula is C10H13BN2O2. The number of hydrogen-bond donors (Lipinski definition) is 4. The first kappa shape index (κ1) is 10.2. The molecule has 5 N–H and O–H groups in total. The summed E-state index contributed by atoms with van der Waals surface area (Å²) in [5.41, 5.74) is 7.94. The lowest BCUT2D eigenvalue weighted by Crippen LogP contribution is -2.30. The smallest absolute Gasteiger partial charge is 0.422 e. The number of aromatic amines is 1. The van der Waals surface area contributed by atoms with Gasteiger partial charge in [0.15, 0.2) is 0 Å². The highest BCUT2D eigenvalue weighted by Crippen LogP contribution is 2.13. The molecule has 0 saturated heterocycles. The zero-order valence-electron chi connectivity index (χ0n) is 8.27. The standard InChI is InChI=1S/C10H13BN2O2/c12-4-3-7-1-2-9-8(5-7)6-10(13-9)11(14)15/h1-2,5-6,13-15H,3-4,12H2. The minimum absolute atomic E-state index is 0.412. The molecule has 1 aromatic carbocycles. The fraction of sp³-hybridized carbons (Fsp3) is 0.200. The first-order valence-electron chi connectivity index (χ1n) is 4.88. The summed E-state index contributed by atoms with van der Waals surface area (Å²) in [6.45, 7) is 0.616. The van der Waals surface area contributed by atoms with Gasteiger partial charge in [-0.25, -0.2) is 0 Å². The average molecular weight is 204 g/mol. The second-order valence-corrected chi connectivity index (χ2v) is 3.56. The quantitative estimate of drug-likeness (QED) is 0.501. The Balaban J connectivity index is 2.43. The number of nitrogens with two attached hydrogens (primary N) is 1. The number of benzene rings is 1. The highest BCUT2D eigenvalue weighted by Gasteiger charge is 2.13. The fourth-order valence-electron chi connectivity index (χ4n) is 1.67. The third kappa shape index (κ3) is 2.04. The number of hydrogen-bond acceptors (Lipinski definition) is 3. The first-order valence-corrected chi connectivity index (χ1v) is 4.88. The highest BCUT2D eigenvalue weighted by atomic mass is 16.4. The number of aromatic nitrogens is 1. The van der Waals surface area contributed by atoms with E-state index in [4.69, 9.17) is 15.8 Å². The molecule has 5 heteroatoms. The van der Waals surface area contributed by atoms with Crippen LogP contribution in [0.25, 0.3) is 10.9 Å². The molecule has 2 rings (SSSR count). The SMILES string of the molecule is NCCc1ccc2[nH]c(B(O)O)cc2c1. The number of fused-ring (bicyclic) bond motifs is 1. The maximum absolute atomic E-state index is 9.00. The first-order chi connectivity index (χ1) is 7.20. The van der Waals surface area contributed by atoms with Crippen molar-refractivity contribution in [3.8, 4) is 0 Å². The van der Waals surface area contributed by atoms with Crippen LogP contribution in [0, 0.1) is 0 Å². The van der Waals surface area contributed by atoms with Gasteiger partial charge in [-0.05, 0) is 42.1 Å². The zero-order chi connectivity index (χ0) is 10.8. The molecule has 2 aromatic rings. The van der Waals surface area contributed by atoms with Gasteiger partial charge in [-0.1, -0.05) is 6.07 Å². The van der Waals surface area contributed by atoms with Gasteiger partial charge >= 0.3 is 7.12 Å². The minimum Gasteiger partial charge on any atom is -0.422 e. The van der Waals surface area contributed by atoms with Gasteiger partial charge in [-0.3, -0.25) is 0 Å². The van der Waals surface area contributed by atoms with Crippen molar-refractivity contribution < 1.29 is 10.0 Å². The van der Waals surface area contributed by atoms with Gasteiger partial charge in [0.2, 0.25) is 0 Å². The van der Waals surface area contributed by atoms with Crippen LogP contribution in [-0.2, 0) is 6.42 Å². The Labute approximate surface area is 87.9 Å². The predicted molar refractivity (Wildman–Crippen MR) is 60.9 cm³/mol. The third-order valence-electron chi connectivity index (χ3n) is 2.42. The summed E-state index contributed by atoms with van der Waals surface area (Å²) >= 11 is 0. The number of nitrogens with one attached hydrogen (secondary N) is 1. The average Bonchev–Trinajstić information content (AvgIpc) is 2.61. The van der Waals surface area contributed by atoms with Crippen LogP contribution in [0.4, 0.5) is 0 Å². The molecule has 0 aliphatic carbocycles. The van der Waals surface area contributed by atoms with E-state index in [-0.39, 0.29) is 0 Å². The van der Waals surface area contributed by atoms with Crippen LogP contribution < -0.4 is 11.3 Å². The molecule has 0 amide bonds. The Bertz CT molecular complexity index is 467. The molecule has 1 heterocycles. The molecule has 4 nitrogen and oxygen atoms in total. The highest BCUT2D eigenvalue weighted by molar-refractivity contribution is 6.58. The Morgan fingerprint density at radius 2 is 2.07 bits per heavy atom. The van der Waals surface area contributed by atoms with E-state index in [0.717, 1.165) is 22.9 Å². The van der Waals surface area contributed by atoms with Crippen molar-refractivity contribution in [3.05, 3.63) is 29.8 Å². The third-order valence-corrected chi connectivity index (χ3v) is 2.42. The summed E-state index contributed by atoms with van der Waals surface area (Å²) in [5, 5.41) is 19.0. The summed E-state index contributed by atoms with van der Waals surface area (Å²) in [4.78, 5) is 2.93. The van der Waals surface area contributed by atoms with E-state index in [0.29, 0.717) is 12.1 Å². The number of rotatable bonds is 3. The lowest BCUT2D eigenvalue weighted by Gasteiger charge is -1.97. The van der Waals surface area contributed by atoms with Crippen LogP contribution in [0.5, 0.6) is 0 Å². The summed E-state index contributed by atoms with van der Waals surface area (Å²) in [7, 11) is -1.45. The molecule has 15 heavy (non-hydrogen) atoms. The van der Waals surface area contributed by atoms with E-state index in [1.165, 1.54) is 0 Å². The van der Waals surface area contributed by atoms with Crippen LogP contribution in [0.1, 0.15) is 5.56 Å². The normalized spacial score (nSPS) is 10.9. The second-order valence-electron chi connectivity index (χ2n) is 3.56. The molecule has 0 unspecified atom stereocenters. The van der Waals surface area contributed by atoms with Crippen molar-refractivity contribution in [2.45, 2.75) is 6.42 Å². The van der Waals surface area contributed by atoms with Crippen LogP contribution in [0.15, 0.2) is 24.3 Å². The van der Waals surface area contributed by atoms with E-state index in [1.54, 1.807) is 6.07 Å². The molecule has 0 saturated carbocycles. The molecule has 0 atom stereocenters. The molecule has 0 fully saturated rings. The maximum atomic E-state index is 9.00. The lowest BCUT2D eigenvalue weighted by atomic mass is 9.86. The summed E-state index contributed by atoms with van der Waals surface area (Å²) in [5.74, 6) is 0. The van der Waals surface area contributed by atoms with Crippen LogP contribution >= 0.6 is 0 Å². The molecular weight excluding hydrogens is 191 g/mol. The largest absolute Gasteiger partial charge is 0.505 e. The Morgan fingerprint density at radius 1 is 1.27 bits per heavy atom. The van der Waals surface area contributed by atoms with Gasteiger partial charge in [0, 0.05) is 11.1 Å². The van der Waals surface area contributed by atoms with Crippen molar-refractivity contribution in [3.63, 3.8) is 0 Å². The summed E-state index contributed by atoms with van der Waals surface area (Å²) < 4.78 is 0. The van der Waals surface area contributed by atoms with Crippen molar-refractivity contribution in [1.82, 2.24) is 4.98 Å². The van der Waals surface area contributed by atoms with E-state index >= 15 is 0 Å². The fourth-order valence-corrected chi connectivity index (χ4v) is 1.67. The molecule has 78 valence electrons. The minimum atomic E-state index is -1.45. The monoisotopic (exact) mass is 204 g/mol. The van der Waals surface area contributed by atoms with E-state index in [9.17, 15) is 0 Å². The van der Waals surface area contributed by atoms with Gasteiger partial charge in [0.05, 0.1) is 0 Å². The van der Waals surface area contributed by atoms with E-state index in [2.05, 4.69) is 4.98 Å². The zero-order valence-corrected chi connectivity index (χ0v) is 8.27. The molecule has 0 radical (unpaired) electrons. The van der Waals surface area contributed by atoms with Crippen LogP contribution in [0.3, 0.4) is 0 Å². The van der Waals surface area contributed by atoms with E-state index < -0.39 is 7.12 Å². The molecule has 0 aliphatic heterocycles. The predicted octanol–water partition coefficient (Wildman–Crippen LogP) is -0.651. The van der Waals surface area contributed by atoms with Crippen molar-refractivity contribution in [1.29, 1.82) is 0 Å². The van der Waals surface area contributed by atoms with Gasteiger partial charge < -0.3 is 20.8 Å². The summed E-state index contributed by atoms with van der Waals surface area (Å²) in [6.07, 6.45) is 0.831. The Kier molecular flexibility index (Phi) is 2.77. The molecule has 0 bridgehead atoms. The van der Waals surface area contributed by atoms with Gasteiger partial charge in [-0.15, -0.1) is 0 Å². The van der Waals surface area contributed by atoms with E-state index in [1.807, 2.05) is 18.2 Å². The molecule has 1 aromatic heterocycles. The maximum Gasteiger partial charge on any atom is 0.505 e. The lowest BCUT2D eigenvalue weighted by molar-refractivity contribution is 0.424. The van der Waals surface area contributed by atoms with Crippen molar-refractivity contribution in [2.24, 2.45) is 5.73 Å². The van der Waals surface area contributed by atoms with Crippen LogP contribution in [-0.4, -0.2) is 28.7 Å².